The van der Waals surface area contributed by atoms with Crippen LogP contribution in [0.1, 0.15) is 16.8 Å². The van der Waals surface area contributed by atoms with Gasteiger partial charge >= 0.3 is 0 Å². The highest BCUT2D eigenvalue weighted by Crippen LogP contribution is 2.27. The minimum absolute atomic E-state index is 0.185. The monoisotopic (exact) mass is 517 g/mol. The Morgan fingerprint density at radius 1 is 1.03 bits per heavy atom. The largest absolute Gasteiger partial charge is 0.497 e. The zero-order valence-corrected chi connectivity index (χ0v) is 20.5. The summed E-state index contributed by atoms with van der Waals surface area (Å²) >= 11 is 3.38. The normalized spacial score (nSPS) is 10.7. The summed E-state index contributed by atoms with van der Waals surface area (Å²) in [5, 5.41) is 7.31. The van der Waals surface area contributed by atoms with Crippen LogP contribution < -0.4 is 15.6 Å². The van der Waals surface area contributed by atoms with Crippen LogP contribution in [0, 0.1) is 6.92 Å². The summed E-state index contributed by atoms with van der Waals surface area (Å²) in [6, 6.07) is 24.6. The Morgan fingerprint density at radius 2 is 1.76 bits per heavy atom. The summed E-state index contributed by atoms with van der Waals surface area (Å²) in [5.74, 6) is 0.398. The Kier molecular flexibility index (Phi) is 7.23. The molecule has 7 heteroatoms. The molecule has 0 bridgehead atoms. The molecule has 1 N–H and O–H groups in total. The van der Waals surface area contributed by atoms with E-state index in [9.17, 15) is 9.59 Å². The SMILES string of the molecule is COc1cccc(Cc2c(-c3ccccc3)c(C)nn(CC(=O)Nc3ccc(Br)cc3)c2=O)c1. The molecular weight excluding hydrogens is 494 g/mol. The van der Waals surface area contributed by atoms with Gasteiger partial charge in [-0.3, -0.25) is 9.59 Å². The number of anilines is 1. The summed E-state index contributed by atoms with van der Waals surface area (Å²) in [7, 11) is 1.61. The molecule has 172 valence electrons. The van der Waals surface area contributed by atoms with Crippen molar-refractivity contribution in [2.75, 3.05) is 12.4 Å². The van der Waals surface area contributed by atoms with Gasteiger partial charge in [-0.05, 0) is 54.4 Å². The van der Waals surface area contributed by atoms with Crippen LogP contribution in [0.5, 0.6) is 5.75 Å². The lowest BCUT2D eigenvalue weighted by atomic mass is 9.95. The molecule has 0 fully saturated rings. The minimum atomic E-state index is -0.323. The Morgan fingerprint density at radius 3 is 2.47 bits per heavy atom. The van der Waals surface area contributed by atoms with Crippen LogP contribution >= 0.6 is 15.9 Å². The third-order valence-corrected chi connectivity index (χ3v) is 5.95. The van der Waals surface area contributed by atoms with Crippen molar-refractivity contribution in [1.82, 2.24) is 9.78 Å². The van der Waals surface area contributed by atoms with Crippen molar-refractivity contribution in [3.63, 3.8) is 0 Å². The first kappa shape index (κ1) is 23.4. The number of methoxy groups -OCH3 is 1. The Labute approximate surface area is 206 Å². The van der Waals surface area contributed by atoms with Crippen LogP contribution in [0.4, 0.5) is 5.69 Å². The van der Waals surface area contributed by atoms with Gasteiger partial charge in [0.15, 0.2) is 0 Å². The number of aromatic nitrogens is 2. The van der Waals surface area contributed by atoms with Crippen LogP contribution in [0.25, 0.3) is 11.1 Å². The van der Waals surface area contributed by atoms with Gasteiger partial charge in [0.05, 0.1) is 12.8 Å². The predicted octanol–water partition coefficient (Wildman–Crippen LogP) is 5.22. The van der Waals surface area contributed by atoms with E-state index in [1.54, 1.807) is 19.2 Å². The molecule has 0 spiro atoms. The number of carbonyl (C=O) groups is 1. The highest BCUT2D eigenvalue weighted by molar-refractivity contribution is 9.10. The lowest BCUT2D eigenvalue weighted by molar-refractivity contribution is -0.117. The zero-order chi connectivity index (χ0) is 24.1. The van der Waals surface area contributed by atoms with Gasteiger partial charge in [0.2, 0.25) is 5.91 Å². The number of carbonyl (C=O) groups excluding carboxylic acids is 1. The molecule has 0 aliphatic rings. The standard InChI is InChI=1S/C27H24BrN3O3/c1-18-26(20-8-4-3-5-9-20)24(16-19-7-6-10-23(15-19)34-2)27(33)31(30-18)17-25(32)29-22-13-11-21(28)12-14-22/h3-15H,16-17H2,1-2H3,(H,29,32). The number of nitrogens with one attached hydrogen (secondary N) is 1. The molecule has 6 nitrogen and oxygen atoms in total. The number of hydrogen-bond donors (Lipinski definition) is 1. The van der Waals surface area contributed by atoms with Gasteiger partial charge in [-0.15, -0.1) is 0 Å². The van der Waals surface area contributed by atoms with E-state index in [0.29, 0.717) is 23.4 Å². The van der Waals surface area contributed by atoms with Crippen LogP contribution in [-0.4, -0.2) is 22.8 Å². The number of halogens is 1. The summed E-state index contributed by atoms with van der Waals surface area (Å²) in [4.78, 5) is 26.3. The second kappa shape index (κ2) is 10.5. The fraction of sp³-hybridized carbons (Fsp3) is 0.148. The van der Waals surface area contributed by atoms with E-state index in [1.807, 2.05) is 73.7 Å². The number of aryl methyl sites for hydroxylation is 1. The van der Waals surface area contributed by atoms with E-state index < -0.39 is 0 Å². The van der Waals surface area contributed by atoms with E-state index in [1.165, 1.54) is 4.68 Å². The fourth-order valence-corrected chi connectivity index (χ4v) is 4.14. The zero-order valence-electron chi connectivity index (χ0n) is 18.9. The second-order valence-corrected chi connectivity index (χ2v) is 8.77. The first-order chi connectivity index (χ1) is 16.4. The van der Waals surface area contributed by atoms with E-state index in [4.69, 9.17) is 4.74 Å². The molecule has 34 heavy (non-hydrogen) atoms. The van der Waals surface area contributed by atoms with Crippen molar-refractivity contribution in [2.45, 2.75) is 19.9 Å². The highest BCUT2D eigenvalue weighted by atomic mass is 79.9. The van der Waals surface area contributed by atoms with E-state index in [2.05, 4.69) is 26.3 Å². The molecule has 0 saturated carbocycles. The Balaban J connectivity index is 1.73. The lowest BCUT2D eigenvalue weighted by Gasteiger charge is -2.16. The molecule has 3 aromatic carbocycles. The predicted molar refractivity (Wildman–Crippen MR) is 137 cm³/mol. The second-order valence-electron chi connectivity index (χ2n) is 7.85. The quantitative estimate of drug-likeness (QED) is 0.364. The van der Waals surface area contributed by atoms with Crippen molar-refractivity contribution in [3.05, 3.63) is 111 Å². The average Bonchev–Trinajstić information content (AvgIpc) is 2.84. The van der Waals surface area contributed by atoms with E-state index in [-0.39, 0.29) is 18.0 Å². The fourth-order valence-electron chi connectivity index (χ4n) is 3.87. The van der Waals surface area contributed by atoms with Gasteiger partial charge in [0, 0.05) is 27.7 Å². The van der Waals surface area contributed by atoms with Crippen LogP contribution in [0.15, 0.2) is 88.1 Å². The molecule has 0 aliphatic carbocycles. The molecule has 0 saturated heterocycles. The molecule has 0 radical (unpaired) electrons. The van der Waals surface area contributed by atoms with Gasteiger partial charge in [-0.2, -0.15) is 5.10 Å². The number of benzene rings is 3. The maximum Gasteiger partial charge on any atom is 0.271 e. The number of nitrogens with zero attached hydrogens (tertiary/aromatic N) is 2. The number of hydrogen-bond acceptors (Lipinski definition) is 4. The van der Waals surface area contributed by atoms with Gasteiger partial charge in [0.25, 0.3) is 5.56 Å². The third kappa shape index (κ3) is 5.43. The van der Waals surface area contributed by atoms with E-state index >= 15 is 0 Å². The first-order valence-corrected chi connectivity index (χ1v) is 11.6. The van der Waals surface area contributed by atoms with Crippen molar-refractivity contribution in [3.8, 4) is 16.9 Å². The van der Waals surface area contributed by atoms with Crippen molar-refractivity contribution >= 4 is 27.5 Å². The number of amides is 1. The van der Waals surface area contributed by atoms with Crippen molar-refractivity contribution in [2.24, 2.45) is 0 Å². The Bertz CT molecular complexity index is 1370. The molecule has 1 heterocycles. The molecule has 1 aromatic heterocycles. The van der Waals surface area contributed by atoms with Crippen LogP contribution in [0.2, 0.25) is 0 Å². The van der Waals surface area contributed by atoms with Crippen molar-refractivity contribution in [1.29, 1.82) is 0 Å². The first-order valence-electron chi connectivity index (χ1n) is 10.8. The van der Waals surface area contributed by atoms with E-state index in [0.717, 1.165) is 26.9 Å². The maximum atomic E-state index is 13.6. The summed E-state index contributed by atoms with van der Waals surface area (Å²) in [6.45, 7) is 1.68. The van der Waals surface area contributed by atoms with Gasteiger partial charge in [-0.25, -0.2) is 4.68 Å². The molecule has 0 unspecified atom stereocenters. The van der Waals surface area contributed by atoms with Crippen molar-refractivity contribution < 1.29 is 9.53 Å². The number of ether oxygens (including phenoxy) is 1. The van der Waals surface area contributed by atoms with Gasteiger partial charge in [-0.1, -0.05) is 58.4 Å². The van der Waals surface area contributed by atoms with Gasteiger partial charge in [0.1, 0.15) is 12.3 Å². The molecule has 1 amide bonds. The molecule has 4 rings (SSSR count). The smallest absolute Gasteiger partial charge is 0.271 e. The van der Waals surface area contributed by atoms with Crippen LogP contribution in [0.3, 0.4) is 0 Å². The molecule has 4 aromatic rings. The number of rotatable bonds is 7. The van der Waals surface area contributed by atoms with Crippen LogP contribution in [-0.2, 0) is 17.8 Å². The average molecular weight is 518 g/mol. The third-order valence-electron chi connectivity index (χ3n) is 5.43. The summed E-state index contributed by atoms with van der Waals surface area (Å²) < 4.78 is 7.51. The lowest BCUT2D eigenvalue weighted by Crippen LogP contribution is -2.33. The maximum absolute atomic E-state index is 13.6. The van der Waals surface area contributed by atoms with Gasteiger partial charge < -0.3 is 10.1 Å². The molecule has 0 atom stereocenters. The summed E-state index contributed by atoms with van der Waals surface area (Å²) in [6.07, 6.45) is 0.387. The minimum Gasteiger partial charge on any atom is -0.497 e. The molecular formula is C27H24BrN3O3. The highest BCUT2D eigenvalue weighted by Gasteiger charge is 2.19. The Hall–Kier alpha value is -3.71. The molecule has 0 aliphatic heterocycles. The topological polar surface area (TPSA) is 73.2 Å². The summed E-state index contributed by atoms with van der Waals surface area (Å²) in [5.41, 5.74) is 4.26.